The molecule has 1 aliphatic carbocycles. The van der Waals surface area contributed by atoms with E-state index in [2.05, 4.69) is 32.4 Å². The molecule has 4 nitrogen and oxygen atoms in total. The summed E-state index contributed by atoms with van der Waals surface area (Å²) in [6.45, 7) is 8.93. The van der Waals surface area contributed by atoms with Crippen LogP contribution < -0.4 is 10.5 Å². The Labute approximate surface area is 136 Å². The number of sulfonamides is 1. The van der Waals surface area contributed by atoms with Crippen LogP contribution in [0.25, 0.3) is 0 Å². The van der Waals surface area contributed by atoms with Crippen LogP contribution in [0.5, 0.6) is 0 Å². The van der Waals surface area contributed by atoms with Crippen LogP contribution in [0.4, 0.5) is 5.69 Å². The zero-order valence-corrected chi connectivity index (χ0v) is 14.8. The van der Waals surface area contributed by atoms with Crippen LogP contribution in [-0.2, 0) is 10.0 Å². The summed E-state index contributed by atoms with van der Waals surface area (Å²) in [5.41, 5.74) is 5.97. The topological polar surface area (TPSA) is 72.2 Å². The highest BCUT2D eigenvalue weighted by Gasteiger charge is 2.64. The van der Waals surface area contributed by atoms with Gasteiger partial charge in [-0.2, -0.15) is 0 Å². The lowest BCUT2D eigenvalue weighted by atomic mass is 10.0. The highest BCUT2D eigenvalue weighted by Crippen LogP contribution is 2.68. The van der Waals surface area contributed by atoms with Gasteiger partial charge in [-0.3, -0.25) is 0 Å². The number of nitrogens with one attached hydrogen (secondary N) is 1. The highest BCUT2D eigenvalue weighted by molar-refractivity contribution is 7.89. The molecule has 7 heteroatoms. The van der Waals surface area contributed by atoms with E-state index in [1.165, 1.54) is 12.1 Å². The lowest BCUT2D eigenvalue weighted by Gasteiger charge is -2.11. The van der Waals surface area contributed by atoms with Gasteiger partial charge in [0, 0.05) is 6.54 Å². The van der Waals surface area contributed by atoms with Gasteiger partial charge in [-0.25, -0.2) is 13.1 Å². The van der Waals surface area contributed by atoms with Crippen molar-refractivity contribution in [3.05, 3.63) is 22.2 Å². The van der Waals surface area contributed by atoms with Crippen LogP contribution >= 0.6 is 23.2 Å². The quantitative estimate of drug-likeness (QED) is 0.815. The van der Waals surface area contributed by atoms with Gasteiger partial charge in [0.25, 0.3) is 0 Å². The molecular formula is C14H20Cl2N2O2S. The minimum absolute atomic E-state index is 0.0377. The Morgan fingerprint density at radius 3 is 2.19 bits per heavy atom. The number of hydrogen-bond donors (Lipinski definition) is 2. The molecule has 3 N–H and O–H groups in total. The fraction of sp³-hybridized carbons (Fsp3) is 0.571. The number of rotatable bonds is 4. The molecule has 0 bridgehead atoms. The predicted octanol–water partition coefficient (Wildman–Crippen LogP) is 3.54. The monoisotopic (exact) mass is 350 g/mol. The standard InChI is InChI=1S/C14H20Cl2N2O2S/c1-13(2)10(14(13,3)4)7-18-21(19,20)9-6-5-8(15)12(17)11(9)16/h5-6,10,18H,7,17H2,1-4H3. The van der Waals surface area contributed by atoms with Crippen LogP contribution in [0.2, 0.25) is 10.0 Å². The molecule has 0 spiro atoms. The zero-order valence-electron chi connectivity index (χ0n) is 12.5. The summed E-state index contributed by atoms with van der Waals surface area (Å²) in [5.74, 6) is 0.281. The number of benzene rings is 1. The molecule has 0 heterocycles. The van der Waals surface area contributed by atoms with Crippen molar-refractivity contribution in [2.24, 2.45) is 16.7 Å². The third-order valence-corrected chi connectivity index (χ3v) is 7.49. The van der Waals surface area contributed by atoms with Gasteiger partial charge in [0.05, 0.1) is 15.7 Å². The molecule has 0 aliphatic heterocycles. The Morgan fingerprint density at radius 1 is 1.19 bits per heavy atom. The van der Waals surface area contributed by atoms with Crippen LogP contribution in [0, 0.1) is 16.7 Å². The number of anilines is 1. The van der Waals surface area contributed by atoms with Gasteiger partial charge in [0.1, 0.15) is 4.90 Å². The summed E-state index contributed by atoms with van der Waals surface area (Å²) in [6, 6.07) is 2.80. The largest absolute Gasteiger partial charge is 0.396 e. The molecule has 0 amide bonds. The molecule has 0 saturated heterocycles. The van der Waals surface area contributed by atoms with E-state index in [0.717, 1.165) is 0 Å². The summed E-state index contributed by atoms with van der Waals surface area (Å²) in [6.07, 6.45) is 0. The van der Waals surface area contributed by atoms with Crippen molar-refractivity contribution in [1.82, 2.24) is 4.72 Å². The van der Waals surface area contributed by atoms with Crippen molar-refractivity contribution in [3.8, 4) is 0 Å². The summed E-state index contributed by atoms with van der Waals surface area (Å²) in [7, 11) is -3.71. The van der Waals surface area contributed by atoms with Crippen molar-refractivity contribution in [2.45, 2.75) is 32.6 Å². The van der Waals surface area contributed by atoms with Gasteiger partial charge in [-0.05, 0) is 28.9 Å². The van der Waals surface area contributed by atoms with Crippen LogP contribution in [-0.4, -0.2) is 15.0 Å². The summed E-state index contributed by atoms with van der Waals surface area (Å²) in [4.78, 5) is -0.0395. The van der Waals surface area contributed by atoms with E-state index in [1.54, 1.807) is 0 Å². The van der Waals surface area contributed by atoms with E-state index in [9.17, 15) is 8.42 Å². The maximum Gasteiger partial charge on any atom is 0.242 e. The zero-order chi connectivity index (χ0) is 16.2. The Bertz CT molecular complexity index is 670. The molecule has 1 fully saturated rings. The molecule has 1 aliphatic rings. The lowest BCUT2D eigenvalue weighted by molar-refractivity contribution is 0.457. The van der Waals surface area contributed by atoms with E-state index in [4.69, 9.17) is 28.9 Å². The third kappa shape index (κ3) is 2.65. The fourth-order valence-electron chi connectivity index (χ4n) is 2.87. The summed E-state index contributed by atoms with van der Waals surface area (Å²) < 4.78 is 27.4. The molecule has 0 atom stereocenters. The van der Waals surface area contributed by atoms with Gasteiger partial charge in [-0.15, -0.1) is 0 Å². The summed E-state index contributed by atoms with van der Waals surface area (Å²) in [5, 5.41) is 0.202. The molecule has 1 saturated carbocycles. The Hall–Kier alpha value is -0.490. The first-order valence-corrected chi connectivity index (χ1v) is 8.90. The van der Waals surface area contributed by atoms with Crippen LogP contribution in [0.1, 0.15) is 27.7 Å². The van der Waals surface area contributed by atoms with Gasteiger partial charge in [0.15, 0.2) is 0 Å². The first-order chi connectivity index (χ1) is 9.43. The predicted molar refractivity (Wildman–Crippen MR) is 87.1 cm³/mol. The van der Waals surface area contributed by atoms with E-state index in [1.807, 2.05) is 0 Å². The number of nitrogens with two attached hydrogens (primary N) is 1. The molecule has 21 heavy (non-hydrogen) atoms. The second-order valence-electron chi connectivity index (χ2n) is 6.62. The highest BCUT2D eigenvalue weighted by atomic mass is 35.5. The maximum atomic E-state index is 12.4. The third-order valence-electron chi connectivity index (χ3n) is 5.18. The first kappa shape index (κ1) is 16.9. The van der Waals surface area contributed by atoms with Crippen molar-refractivity contribution < 1.29 is 8.42 Å². The first-order valence-electron chi connectivity index (χ1n) is 6.66. The van der Waals surface area contributed by atoms with Gasteiger partial charge >= 0.3 is 0 Å². The molecule has 0 aromatic heterocycles. The Balaban J connectivity index is 2.20. The molecule has 118 valence electrons. The Morgan fingerprint density at radius 2 is 1.71 bits per heavy atom. The maximum absolute atomic E-state index is 12.4. The molecule has 2 rings (SSSR count). The Kier molecular flexibility index (Phi) is 4.03. The number of nitrogen functional groups attached to an aromatic ring is 1. The lowest BCUT2D eigenvalue weighted by Crippen LogP contribution is -2.27. The minimum atomic E-state index is -3.71. The van der Waals surface area contributed by atoms with Gasteiger partial charge in [0.2, 0.25) is 10.0 Å². The molecule has 0 radical (unpaired) electrons. The van der Waals surface area contributed by atoms with Crippen molar-refractivity contribution in [1.29, 1.82) is 0 Å². The molecular weight excluding hydrogens is 331 g/mol. The molecule has 1 aromatic carbocycles. The smallest absolute Gasteiger partial charge is 0.242 e. The van der Waals surface area contributed by atoms with Crippen LogP contribution in [0.15, 0.2) is 17.0 Å². The average molecular weight is 351 g/mol. The van der Waals surface area contributed by atoms with E-state index < -0.39 is 10.0 Å². The average Bonchev–Trinajstić information content (AvgIpc) is 2.74. The fourth-order valence-corrected chi connectivity index (χ4v) is 4.68. The van der Waals surface area contributed by atoms with E-state index in [0.29, 0.717) is 6.54 Å². The van der Waals surface area contributed by atoms with Crippen molar-refractivity contribution in [2.75, 3.05) is 12.3 Å². The van der Waals surface area contributed by atoms with Crippen LogP contribution in [0.3, 0.4) is 0 Å². The second-order valence-corrected chi connectivity index (χ2v) is 9.14. The molecule has 1 aromatic rings. The minimum Gasteiger partial charge on any atom is -0.396 e. The van der Waals surface area contributed by atoms with Crippen molar-refractivity contribution in [3.63, 3.8) is 0 Å². The molecule has 0 unspecified atom stereocenters. The van der Waals surface area contributed by atoms with Crippen molar-refractivity contribution >= 4 is 38.9 Å². The normalized spacial score (nSPS) is 20.5. The second kappa shape index (κ2) is 5.01. The van der Waals surface area contributed by atoms with E-state index >= 15 is 0 Å². The van der Waals surface area contributed by atoms with Gasteiger partial charge in [-0.1, -0.05) is 50.9 Å². The summed E-state index contributed by atoms with van der Waals surface area (Å²) >= 11 is 11.8. The number of halogens is 2. The van der Waals surface area contributed by atoms with E-state index in [-0.39, 0.29) is 37.4 Å². The number of hydrogen-bond acceptors (Lipinski definition) is 3. The van der Waals surface area contributed by atoms with Gasteiger partial charge < -0.3 is 5.73 Å². The SMILES string of the molecule is CC1(C)C(CNS(=O)(=O)c2ccc(Cl)c(N)c2Cl)C1(C)C.